The van der Waals surface area contributed by atoms with E-state index in [0.29, 0.717) is 0 Å². The molecular weight excluding hydrogens is 204 g/mol. The second-order valence-corrected chi connectivity index (χ2v) is 5.50. The largest absolute Gasteiger partial charge is 0.381 e. The van der Waals surface area contributed by atoms with Gasteiger partial charge in [0.25, 0.3) is 0 Å². The van der Waals surface area contributed by atoms with E-state index in [1.165, 1.54) is 0 Å². The van der Waals surface area contributed by atoms with Crippen LogP contribution in [0.2, 0.25) is 0 Å². The average Bonchev–Trinajstić information content (AvgIpc) is 2.29. The first-order valence-electron chi connectivity index (χ1n) is 6.31. The summed E-state index contributed by atoms with van der Waals surface area (Å²) in [6, 6.07) is 0. The summed E-state index contributed by atoms with van der Waals surface area (Å²) < 4.78 is 10.7. The van der Waals surface area contributed by atoms with Crippen molar-refractivity contribution < 1.29 is 9.47 Å². The molecule has 0 aromatic rings. The molecule has 2 aliphatic heterocycles. The Morgan fingerprint density at radius 1 is 1.00 bits per heavy atom. The summed E-state index contributed by atoms with van der Waals surface area (Å²) in [5, 5.41) is 3.65. The van der Waals surface area contributed by atoms with Crippen LogP contribution in [0, 0.1) is 0 Å². The molecule has 0 amide bonds. The van der Waals surface area contributed by atoms with Gasteiger partial charge in [-0.25, -0.2) is 0 Å². The third-order valence-corrected chi connectivity index (χ3v) is 3.95. The SMILES string of the molecule is CC1(NCC2(N)CCOCC2)CCOCC1. The Morgan fingerprint density at radius 3 is 2.06 bits per heavy atom. The summed E-state index contributed by atoms with van der Waals surface area (Å²) in [5.74, 6) is 0. The highest BCUT2D eigenvalue weighted by Gasteiger charge is 2.32. The van der Waals surface area contributed by atoms with Gasteiger partial charge in [-0.15, -0.1) is 0 Å². The zero-order chi connectivity index (χ0) is 11.5. The number of ether oxygens (including phenoxy) is 2. The van der Waals surface area contributed by atoms with Gasteiger partial charge in [-0.05, 0) is 32.6 Å². The Balaban J connectivity index is 1.80. The molecule has 0 spiro atoms. The first kappa shape index (κ1) is 12.3. The molecule has 4 nitrogen and oxygen atoms in total. The highest BCUT2D eigenvalue weighted by Crippen LogP contribution is 2.22. The number of nitrogens with two attached hydrogens (primary N) is 1. The van der Waals surface area contributed by atoms with Crippen LogP contribution in [-0.2, 0) is 9.47 Å². The number of hydrogen-bond donors (Lipinski definition) is 2. The predicted molar refractivity (Wildman–Crippen MR) is 63.4 cm³/mol. The van der Waals surface area contributed by atoms with Gasteiger partial charge >= 0.3 is 0 Å². The van der Waals surface area contributed by atoms with Crippen LogP contribution in [0.5, 0.6) is 0 Å². The van der Waals surface area contributed by atoms with Crippen LogP contribution in [0.1, 0.15) is 32.6 Å². The van der Waals surface area contributed by atoms with Crippen LogP contribution < -0.4 is 11.1 Å². The molecule has 94 valence electrons. The average molecular weight is 228 g/mol. The second kappa shape index (κ2) is 5.00. The molecule has 2 saturated heterocycles. The van der Waals surface area contributed by atoms with Crippen molar-refractivity contribution in [2.24, 2.45) is 5.73 Å². The van der Waals surface area contributed by atoms with E-state index in [4.69, 9.17) is 15.2 Å². The molecule has 0 saturated carbocycles. The fourth-order valence-corrected chi connectivity index (χ4v) is 2.34. The van der Waals surface area contributed by atoms with Gasteiger partial charge in [0.05, 0.1) is 0 Å². The van der Waals surface area contributed by atoms with Gasteiger partial charge in [-0.1, -0.05) is 0 Å². The van der Waals surface area contributed by atoms with Crippen molar-refractivity contribution >= 4 is 0 Å². The summed E-state index contributed by atoms with van der Waals surface area (Å²) >= 11 is 0. The Morgan fingerprint density at radius 2 is 1.50 bits per heavy atom. The molecule has 0 atom stereocenters. The molecule has 0 bridgehead atoms. The fourth-order valence-electron chi connectivity index (χ4n) is 2.34. The van der Waals surface area contributed by atoms with Crippen molar-refractivity contribution in [1.82, 2.24) is 5.32 Å². The molecule has 16 heavy (non-hydrogen) atoms. The summed E-state index contributed by atoms with van der Waals surface area (Å²) in [4.78, 5) is 0. The van der Waals surface area contributed by atoms with Gasteiger partial charge in [-0.3, -0.25) is 0 Å². The predicted octanol–water partition coefficient (Wildman–Crippen LogP) is 0.653. The van der Waals surface area contributed by atoms with Gasteiger partial charge in [-0.2, -0.15) is 0 Å². The highest BCUT2D eigenvalue weighted by atomic mass is 16.5. The molecule has 4 heteroatoms. The molecule has 2 rings (SSSR count). The van der Waals surface area contributed by atoms with E-state index >= 15 is 0 Å². The Hall–Kier alpha value is -0.160. The molecule has 3 N–H and O–H groups in total. The van der Waals surface area contributed by atoms with E-state index in [0.717, 1.165) is 58.7 Å². The Bertz CT molecular complexity index is 197. The number of hydrogen-bond acceptors (Lipinski definition) is 4. The van der Waals surface area contributed by atoms with Crippen LogP contribution >= 0.6 is 0 Å². The summed E-state index contributed by atoms with van der Waals surface area (Å²) in [5.41, 5.74) is 6.50. The van der Waals surface area contributed by atoms with Gasteiger partial charge in [0, 0.05) is 44.1 Å². The van der Waals surface area contributed by atoms with E-state index in [-0.39, 0.29) is 11.1 Å². The molecule has 2 heterocycles. The van der Waals surface area contributed by atoms with Crippen LogP contribution in [0.4, 0.5) is 0 Å². The molecule has 2 aliphatic rings. The summed E-state index contributed by atoms with van der Waals surface area (Å²) in [6.45, 7) is 6.51. The quantitative estimate of drug-likeness (QED) is 0.745. The van der Waals surface area contributed by atoms with E-state index in [2.05, 4.69) is 12.2 Å². The van der Waals surface area contributed by atoms with Crippen molar-refractivity contribution in [2.45, 2.75) is 43.7 Å². The van der Waals surface area contributed by atoms with Crippen molar-refractivity contribution in [1.29, 1.82) is 0 Å². The first-order valence-corrected chi connectivity index (χ1v) is 6.31. The van der Waals surface area contributed by atoms with Gasteiger partial charge in [0.1, 0.15) is 0 Å². The number of nitrogens with one attached hydrogen (secondary N) is 1. The minimum Gasteiger partial charge on any atom is -0.381 e. The van der Waals surface area contributed by atoms with Crippen LogP contribution in [0.25, 0.3) is 0 Å². The van der Waals surface area contributed by atoms with E-state index in [1.54, 1.807) is 0 Å². The van der Waals surface area contributed by atoms with Crippen LogP contribution in [0.15, 0.2) is 0 Å². The molecule has 0 unspecified atom stereocenters. The molecular formula is C12H24N2O2. The van der Waals surface area contributed by atoms with Crippen molar-refractivity contribution in [2.75, 3.05) is 33.0 Å². The van der Waals surface area contributed by atoms with E-state index < -0.39 is 0 Å². The van der Waals surface area contributed by atoms with Crippen molar-refractivity contribution in [3.8, 4) is 0 Å². The third-order valence-electron chi connectivity index (χ3n) is 3.95. The maximum absolute atomic E-state index is 6.36. The zero-order valence-corrected chi connectivity index (χ0v) is 10.3. The molecule has 0 aromatic carbocycles. The lowest BCUT2D eigenvalue weighted by molar-refractivity contribution is 0.0284. The van der Waals surface area contributed by atoms with Gasteiger partial charge < -0.3 is 20.5 Å². The normalized spacial score (nSPS) is 28.9. The fraction of sp³-hybridized carbons (Fsp3) is 1.00. The van der Waals surface area contributed by atoms with Gasteiger partial charge in [0.2, 0.25) is 0 Å². The zero-order valence-electron chi connectivity index (χ0n) is 10.3. The van der Waals surface area contributed by atoms with E-state index in [1.807, 2.05) is 0 Å². The molecule has 2 fully saturated rings. The number of rotatable bonds is 3. The van der Waals surface area contributed by atoms with Crippen molar-refractivity contribution in [3.63, 3.8) is 0 Å². The first-order chi connectivity index (χ1) is 7.62. The minimum absolute atomic E-state index is 0.0699. The Labute approximate surface area is 97.9 Å². The molecule has 0 aliphatic carbocycles. The lowest BCUT2D eigenvalue weighted by Crippen LogP contribution is -2.58. The maximum atomic E-state index is 6.36. The minimum atomic E-state index is -0.0699. The van der Waals surface area contributed by atoms with Crippen LogP contribution in [0.3, 0.4) is 0 Å². The standard InChI is InChI=1S/C12H24N2O2/c1-11(2-6-15-7-3-11)14-10-12(13)4-8-16-9-5-12/h14H,2-10,13H2,1H3. The monoisotopic (exact) mass is 228 g/mol. The third kappa shape index (κ3) is 3.17. The lowest BCUT2D eigenvalue weighted by Gasteiger charge is -2.40. The maximum Gasteiger partial charge on any atom is 0.0484 e. The highest BCUT2D eigenvalue weighted by molar-refractivity contribution is 4.93. The van der Waals surface area contributed by atoms with E-state index in [9.17, 15) is 0 Å². The molecule has 0 aromatic heterocycles. The molecule has 0 radical (unpaired) electrons. The van der Waals surface area contributed by atoms with Crippen molar-refractivity contribution in [3.05, 3.63) is 0 Å². The van der Waals surface area contributed by atoms with Crippen LogP contribution in [-0.4, -0.2) is 44.1 Å². The van der Waals surface area contributed by atoms with Gasteiger partial charge in [0.15, 0.2) is 0 Å². The topological polar surface area (TPSA) is 56.5 Å². The summed E-state index contributed by atoms with van der Waals surface area (Å²) in [6.07, 6.45) is 4.10. The Kier molecular flexibility index (Phi) is 3.85. The smallest absolute Gasteiger partial charge is 0.0484 e. The lowest BCUT2D eigenvalue weighted by atomic mass is 9.87. The summed E-state index contributed by atoms with van der Waals surface area (Å²) in [7, 11) is 0. The second-order valence-electron chi connectivity index (χ2n) is 5.50.